The lowest BCUT2D eigenvalue weighted by Gasteiger charge is -2.03. The fraction of sp³-hybridized carbons (Fsp3) is 0.714. The smallest absolute Gasteiger partial charge is 0.123 e. The van der Waals surface area contributed by atoms with Crippen molar-refractivity contribution >= 4 is 6.29 Å². The number of rotatable bonds is 3. The third-order valence-corrected chi connectivity index (χ3v) is 1.52. The zero-order chi connectivity index (χ0) is 6.53. The molecule has 1 unspecified atom stereocenters. The van der Waals surface area contributed by atoms with E-state index in [1.54, 1.807) is 6.42 Å². The van der Waals surface area contributed by atoms with Crippen LogP contribution in [0, 0.1) is 6.42 Å². The highest BCUT2D eigenvalue weighted by Gasteiger charge is 2.13. The summed E-state index contributed by atoms with van der Waals surface area (Å²) in [4.78, 5) is 9.85. The number of aldehydes is 1. The number of hydrogen-bond acceptors (Lipinski definition) is 2. The van der Waals surface area contributed by atoms with Crippen LogP contribution in [0.1, 0.15) is 19.3 Å². The largest absolute Gasteiger partial charge is 0.378 e. The molecule has 1 fully saturated rings. The summed E-state index contributed by atoms with van der Waals surface area (Å²) in [6, 6.07) is 0. The van der Waals surface area contributed by atoms with Gasteiger partial charge >= 0.3 is 0 Å². The molecule has 1 aliphatic heterocycles. The van der Waals surface area contributed by atoms with Crippen molar-refractivity contribution in [3.63, 3.8) is 0 Å². The Hall–Kier alpha value is -0.370. The lowest BCUT2D eigenvalue weighted by Crippen LogP contribution is -2.04. The average molecular weight is 127 g/mol. The van der Waals surface area contributed by atoms with E-state index in [0.29, 0.717) is 6.10 Å². The van der Waals surface area contributed by atoms with Crippen LogP contribution >= 0.6 is 0 Å². The Morgan fingerprint density at radius 1 is 1.67 bits per heavy atom. The first-order chi connectivity index (χ1) is 4.43. The molecular formula is C7H11O2. The average Bonchev–Trinajstić information content (AvgIpc) is 2.34. The van der Waals surface area contributed by atoms with E-state index < -0.39 is 0 Å². The summed E-state index contributed by atoms with van der Waals surface area (Å²) in [5, 5.41) is 0. The van der Waals surface area contributed by atoms with Crippen LogP contribution < -0.4 is 0 Å². The van der Waals surface area contributed by atoms with Gasteiger partial charge in [-0.25, -0.2) is 0 Å². The predicted molar refractivity (Wildman–Crippen MR) is 34.0 cm³/mol. The van der Waals surface area contributed by atoms with Gasteiger partial charge in [-0.3, -0.25) is 0 Å². The van der Waals surface area contributed by atoms with Crippen molar-refractivity contribution in [2.24, 2.45) is 0 Å². The first-order valence-electron chi connectivity index (χ1n) is 3.32. The zero-order valence-electron chi connectivity index (χ0n) is 5.38. The molecule has 1 heterocycles. The molecule has 0 amide bonds. The normalized spacial score (nSPS) is 26.4. The molecule has 9 heavy (non-hydrogen) atoms. The van der Waals surface area contributed by atoms with Crippen molar-refractivity contribution in [1.82, 2.24) is 0 Å². The first kappa shape index (κ1) is 6.75. The van der Waals surface area contributed by atoms with E-state index in [2.05, 4.69) is 0 Å². The van der Waals surface area contributed by atoms with Gasteiger partial charge in [0.05, 0.1) is 6.10 Å². The number of ether oxygens (including phenoxy) is 1. The van der Waals surface area contributed by atoms with Crippen molar-refractivity contribution in [3.05, 3.63) is 6.42 Å². The lowest BCUT2D eigenvalue weighted by molar-refractivity contribution is -0.105. The Labute approximate surface area is 55.2 Å². The third kappa shape index (κ3) is 2.14. The van der Waals surface area contributed by atoms with E-state index >= 15 is 0 Å². The summed E-state index contributed by atoms with van der Waals surface area (Å²) in [5.74, 6) is 0. The molecule has 2 nitrogen and oxygen atoms in total. The maximum absolute atomic E-state index is 9.85. The van der Waals surface area contributed by atoms with Gasteiger partial charge in [-0.1, -0.05) is 0 Å². The van der Waals surface area contributed by atoms with Crippen LogP contribution in [0.25, 0.3) is 0 Å². The lowest BCUT2D eigenvalue weighted by atomic mass is 10.1. The summed E-state index contributed by atoms with van der Waals surface area (Å²) < 4.78 is 5.26. The quantitative estimate of drug-likeness (QED) is 0.528. The van der Waals surface area contributed by atoms with Gasteiger partial charge in [0.25, 0.3) is 0 Å². The van der Waals surface area contributed by atoms with Gasteiger partial charge in [0.1, 0.15) is 6.29 Å². The highest BCUT2D eigenvalue weighted by Crippen LogP contribution is 2.15. The van der Waals surface area contributed by atoms with Crippen LogP contribution in [0.2, 0.25) is 0 Å². The number of carbonyl (C=O) groups excluding carboxylic acids is 1. The minimum atomic E-state index is 0.329. The predicted octanol–water partition coefficient (Wildman–Crippen LogP) is 0.959. The minimum Gasteiger partial charge on any atom is -0.378 e. The van der Waals surface area contributed by atoms with Crippen LogP contribution in [-0.2, 0) is 9.53 Å². The molecule has 1 radical (unpaired) electrons. The first-order valence-corrected chi connectivity index (χ1v) is 3.32. The molecule has 0 saturated carbocycles. The molecular weight excluding hydrogens is 116 g/mol. The van der Waals surface area contributed by atoms with Gasteiger partial charge in [0, 0.05) is 13.0 Å². The molecule has 0 aromatic rings. The second-order valence-corrected chi connectivity index (χ2v) is 2.24. The van der Waals surface area contributed by atoms with Crippen molar-refractivity contribution in [3.8, 4) is 0 Å². The molecule has 1 atom stereocenters. The molecule has 0 spiro atoms. The van der Waals surface area contributed by atoms with Gasteiger partial charge in [-0.2, -0.15) is 0 Å². The monoisotopic (exact) mass is 127 g/mol. The Morgan fingerprint density at radius 3 is 3.11 bits per heavy atom. The van der Waals surface area contributed by atoms with Gasteiger partial charge in [0.15, 0.2) is 0 Å². The standard InChI is InChI=1S/C7H11O2/c8-5-1-3-7-4-2-6-9-7/h1,5,7H,2-4,6H2. The van der Waals surface area contributed by atoms with Gasteiger partial charge in [-0.15, -0.1) is 0 Å². The molecule has 1 aliphatic rings. The molecule has 51 valence electrons. The van der Waals surface area contributed by atoms with Crippen LogP contribution in [0.3, 0.4) is 0 Å². The van der Waals surface area contributed by atoms with Crippen molar-refractivity contribution in [2.75, 3.05) is 6.61 Å². The summed E-state index contributed by atoms with van der Waals surface area (Å²) in [6.07, 6.45) is 5.85. The number of hydrogen-bond donors (Lipinski definition) is 0. The van der Waals surface area contributed by atoms with Crippen molar-refractivity contribution < 1.29 is 9.53 Å². The molecule has 0 N–H and O–H groups in total. The molecule has 1 saturated heterocycles. The second kappa shape index (κ2) is 3.62. The molecule has 0 aliphatic carbocycles. The van der Waals surface area contributed by atoms with Gasteiger partial charge in [0.2, 0.25) is 0 Å². The van der Waals surface area contributed by atoms with E-state index in [0.717, 1.165) is 32.2 Å². The van der Waals surface area contributed by atoms with Crippen LogP contribution in [0.15, 0.2) is 0 Å². The Balaban J connectivity index is 2.04. The fourth-order valence-corrected chi connectivity index (χ4v) is 1.04. The van der Waals surface area contributed by atoms with E-state index in [1.807, 2.05) is 0 Å². The fourth-order valence-electron chi connectivity index (χ4n) is 1.04. The maximum atomic E-state index is 9.85. The Kier molecular flexibility index (Phi) is 2.71. The van der Waals surface area contributed by atoms with E-state index in [-0.39, 0.29) is 0 Å². The van der Waals surface area contributed by atoms with Crippen LogP contribution in [0.4, 0.5) is 0 Å². The molecule has 0 aromatic carbocycles. The Bertz CT molecular complexity index is 84.9. The SMILES string of the molecule is O=C[CH]CC1CCCO1. The molecule has 2 heteroatoms. The zero-order valence-corrected chi connectivity index (χ0v) is 5.38. The van der Waals surface area contributed by atoms with Gasteiger partial charge < -0.3 is 9.53 Å². The molecule has 0 aromatic heterocycles. The van der Waals surface area contributed by atoms with Crippen molar-refractivity contribution in [1.29, 1.82) is 0 Å². The summed E-state index contributed by atoms with van der Waals surface area (Å²) >= 11 is 0. The van der Waals surface area contributed by atoms with Crippen molar-refractivity contribution in [2.45, 2.75) is 25.4 Å². The highest BCUT2D eigenvalue weighted by molar-refractivity contribution is 5.60. The summed E-state index contributed by atoms with van der Waals surface area (Å²) in [7, 11) is 0. The summed E-state index contributed by atoms with van der Waals surface area (Å²) in [5.41, 5.74) is 0. The van der Waals surface area contributed by atoms with E-state index in [4.69, 9.17) is 4.74 Å². The highest BCUT2D eigenvalue weighted by atomic mass is 16.5. The van der Waals surface area contributed by atoms with Crippen LogP contribution in [0.5, 0.6) is 0 Å². The number of carbonyl (C=O) groups is 1. The van der Waals surface area contributed by atoms with Gasteiger partial charge in [-0.05, 0) is 19.3 Å². The maximum Gasteiger partial charge on any atom is 0.123 e. The van der Waals surface area contributed by atoms with Crippen LogP contribution in [-0.4, -0.2) is 19.0 Å². The third-order valence-electron chi connectivity index (χ3n) is 1.52. The molecule has 0 bridgehead atoms. The van der Waals surface area contributed by atoms with E-state index in [9.17, 15) is 4.79 Å². The summed E-state index contributed by atoms with van der Waals surface area (Å²) in [6.45, 7) is 0.872. The topological polar surface area (TPSA) is 26.3 Å². The molecule has 1 rings (SSSR count). The minimum absolute atomic E-state index is 0.329. The Morgan fingerprint density at radius 2 is 2.56 bits per heavy atom. The second-order valence-electron chi connectivity index (χ2n) is 2.24. The van der Waals surface area contributed by atoms with E-state index in [1.165, 1.54) is 0 Å².